The number of aliphatic hydroxyl groups excluding tert-OH is 1. The van der Waals surface area contributed by atoms with Gasteiger partial charge >= 0.3 is 6.09 Å². The van der Waals surface area contributed by atoms with Crippen LogP contribution in [0.25, 0.3) is 0 Å². The van der Waals surface area contributed by atoms with E-state index >= 15 is 0 Å². The lowest BCUT2D eigenvalue weighted by Gasteiger charge is -2.36. The van der Waals surface area contributed by atoms with Crippen LogP contribution in [0.2, 0.25) is 0 Å². The third-order valence-electron chi connectivity index (χ3n) is 10.1. The molecule has 1 saturated carbocycles. The van der Waals surface area contributed by atoms with Crippen LogP contribution in [0.1, 0.15) is 93.4 Å². The van der Waals surface area contributed by atoms with Gasteiger partial charge in [-0.15, -0.1) is 0 Å². The highest BCUT2D eigenvalue weighted by Crippen LogP contribution is 2.31. The highest BCUT2D eigenvalue weighted by atomic mass is 16.6. The van der Waals surface area contributed by atoms with Crippen molar-refractivity contribution >= 4 is 12.0 Å². The molecule has 10 nitrogen and oxygen atoms in total. The van der Waals surface area contributed by atoms with Crippen LogP contribution in [-0.2, 0) is 23.7 Å². The minimum Gasteiger partial charge on any atom is -0.449 e. The van der Waals surface area contributed by atoms with Gasteiger partial charge in [-0.05, 0) is 103 Å². The molecule has 7 atom stereocenters. The quantitative estimate of drug-likeness (QED) is 0.204. The Balaban J connectivity index is 1.38. The second-order valence-electron chi connectivity index (χ2n) is 15.0. The summed E-state index contributed by atoms with van der Waals surface area (Å²) in [5.74, 6) is 1.17. The molecule has 0 aromatic rings. The number of amides is 2. The second kappa shape index (κ2) is 19.3. The Hall–Kier alpha value is -1.98. The average Bonchev–Trinajstić information content (AvgIpc) is 3.03. The number of nitrogens with one attached hydrogen (secondary N) is 2. The Bertz CT molecular complexity index is 1020. The van der Waals surface area contributed by atoms with Crippen molar-refractivity contribution in [3.8, 4) is 0 Å². The van der Waals surface area contributed by atoms with Gasteiger partial charge in [0, 0.05) is 45.8 Å². The van der Waals surface area contributed by atoms with Crippen LogP contribution in [-0.4, -0.2) is 105 Å². The molecule has 3 aliphatic rings. The SMILES string of the molecule is CO[C@@H]([C@@H](C)O)[C@@H](C)OC(C)(C)C[C@H](C)/C=C/C=C(\C)[C@H]1O[C@@H](CNC(=O)C2CCC(COC(=O)N3CCNCC3)CC2)CC[C@@H]1C. The van der Waals surface area contributed by atoms with Gasteiger partial charge in [0.1, 0.15) is 6.10 Å². The van der Waals surface area contributed by atoms with Crippen LogP contribution in [0.3, 0.4) is 0 Å². The van der Waals surface area contributed by atoms with Crippen molar-refractivity contribution < 1.29 is 33.6 Å². The lowest BCUT2D eigenvalue weighted by Crippen LogP contribution is -2.47. The number of piperazine rings is 1. The summed E-state index contributed by atoms with van der Waals surface area (Å²) in [5, 5.41) is 16.4. The Kier molecular flexibility index (Phi) is 16.2. The number of ether oxygens (including phenoxy) is 4. The van der Waals surface area contributed by atoms with Crippen LogP contribution >= 0.6 is 0 Å². The highest BCUT2D eigenvalue weighted by molar-refractivity contribution is 5.78. The summed E-state index contributed by atoms with van der Waals surface area (Å²) in [6, 6.07) is 0. The minimum atomic E-state index is -0.602. The molecule has 0 bridgehead atoms. The number of rotatable bonds is 15. The fraction of sp³-hybridized carbons (Fsp3) is 0.838. The smallest absolute Gasteiger partial charge is 0.409 e. The van der Waals surface area contributed by atoms with E-state index in [0.29, 0.717) is 44.0 Å². The first kappa shape index (κ1) is 39.5. The van der Waals surface area contributed by atoms with Crippen molar-refractivity contribution in [3.05, 3.63) is 23.8 Å². The Labute approximate surface area is 284 Å². The first-order valence-corrected chi connectivity index (χ1v) is 18.1. The average molecular weight is 664 g/mol. The number of methoxy groups -OCH3 is 1. The van der Waals surface area contributed by atoms with E-state index < -0.39 is 6.10 Å². The molecular formula is C37H65N3O7. The van der Waals surface area contributed by atoms with Crippen molar-refractivity contribution in [1.29, 1.82) is 0 Å². The number of carbonyl (C=O) groups excluding carboxylic acids is 2. The van der Waals surface area contributed by atoms with Crippen molar-refractivity contribution in [2.45, 2.75) is 130 Å². The maximum atomic E-state index is 13.0. The summed E-state index contributed by atoms with van der Waals surface area (Å²) < 4.78 is 23.8. The number of nitrogens with zero attached hydrogens (tertiary/aromatic N) is 1. The molecule has 2 amide bonds. The van der Waals surface area contributed by atoms with Gasteiger partial charge in [0.15, 0.2) is 0 Å². The maximum Gasteiger partial charge on any atom is 0.409 e. The van der Waals surface area contributed by atoms with Crippen LogP contribution in [0.15, 0.2) is 23.8 Å². The fourth-order valence-electron chi connectivity index (χ4n) is 7.53. The Morgan fingerprint density at radius 3 is 2.40 bits per heavy atom. The molecule has 0 spiro atoms. The van der Waals surface area contributed by atoms with E-state index in [9.17, 15) is 14.7 Å². The minimum absolute atomic E-state index is 0.00430. The summed E-state index contributed by atoms with van der Waals surface area (Å²) in [6.45, 7) is 18.4. The first-order valence-electron chi connectivity index (χ1n) is 18.1. The number of allylic oxidation sites excluding steroid dienone is 3. The molecule has 0 aromatic heterocycles. The van der Waals surface area contributed by atoms with Gasteiger partial charge in [-0.2, -0.15) is 0 Å². The summed E-state index contributed by atoms with van der Waals surface area (Å²) in [7, 11) is 1.60. The Morgan fingerprint density at radius 2 is 1.77 bits per heavy atom. The molecule has 0 unspecified atom stereocenters. The van der Waals surface area contributed by atoms with Gasteiger partial charge in [-0.25, -0.2) is 4.79 Å². The fourth-order valence-corrected chi connectivity index (χ4v) is 7.53. The molecule has 0 radical (unpaired) electrons. The topological polar surface area (TPSA) is 119 Å². The van der Waals surface area contributed by atoms with E-state index in [-0.39, 0.29) is 47.9 Å². The van der Waals surface area contributed by atoms with Crippen molar-refractivity contribution in [1.82, 2.24) is 15.5 Å². The summed E-state index contributed by atoms with van der Waals surface area (Å²) in [4.78, 5) is 27.1. The highest BCUT2D eigenvalue weighted by Gasteiger charge is 2.32. The normalized spacial score (nSPS) is 28.8. The molecule has 0 aromatic carbocycles. The predicted octanol–water partition coefficient (Wildman–Crippen LogP) is 5.24. The molecule has 3 fully saturated rings. The van der Waals surface area contributed by atoms with Gasteiger partial charge in [0.2, 0.25) is 5.91 Å². The van der Waals surface area contributed by atoms with E-state index in [1.54, 1.807) is 18.9 Å². The molecule has 270 valence electrons. The molecule has 3 N–H and O–H groups in total. The largest absolute Gasteiger partial charge is 0.449 e. The van der Waals surface area contributed by atoms with Gasteiger partial charge in [0.05, 0.1) is 36.6 Å². The van der Waals surface area contributed by atoms with E-state index in [0.717, 1.165) is 58.0 Å². The number of carbonyl (C=O) groups is 2. The van der Waals surface area contributed by atoms with Crippen molar-refractivity contribution in [2.75, 3.05) is 46.4 Å². The summed E-state index contributed by atoms with van der Waals surface area (Å²) in [6.07, 6.45) is 11.4. The zero-order valence-corrected chi connectivity index (χ0v) is 30.5. The second-order valence-corrected chi connectivity index (χ2v) is 15.0. The third kappa shape index (κ3) is 13.1. The number of hydrogen-bond donors (Lipinski definition) is 3. The van der Waals surface area contributed by atoms with Crippen LogP contribution in [0, 0.1) is 23.7 Å². The monoisotopic (exact) mass is 663 g/mol. The van der Waals surface area contributed by atoms with Crippen LogP contribution < -0.4 is 10.6 Å². The van der Waals surface area contributed by atoms with E-state index in [1.165, 1.54) is 5.57 Å². The molecule has 47 heavy (non-hydrogen) atoms. The molecule has 3 rings (SSSR count). The standard InChI is InChI=1S/C37H65N3O7/c1-25(22-37(6,7)47-29(5)34(44-8)28(4)41)10-9-11-26(2)33-27(3)12-17-32(46-33)23-39-35(42)31-15-13-30(14-16-31)24-45-36(43)40-20-18-38-19-21-40/h9-11,25,27-34,38,41H,12-24H2,1-8H3,(H,39,42)/b10-9+,26-11+/t25-,27+,28-,29-,30?,31?,32-,33-,34+/m1/s1. The maximum absolute atomic E-state index is 13.0. The lowest BCUT2D eigenvalue weighted by atomic mass is 9.82. The molecular weight excluding hydrogens is 598 g/mol. The molecule has 2 heterocycles. The third-order valence-corrected chi connectivity index (χ3v) is 10.1. The van der Waals surface area contributed by atoms with Crippen molar-refractivity contribution in [3.63, 3.8) is 0 Å². The van der Waals surface area contributed by atoms with Crippen LogP contribution in [0.5, 0.6) is 0 Å². The van der Waals surface area contributed by atoms with E-state index in [2.05, 4.69) is 63.5 Å². The van der Waals surface area contributed by atoms with Gasteiger partial charge in [-0.1, -0.05) is 32.1 Å². The first-order chi connectivity index (χ1) is 22.3. The lowest BCUT2D eigenvalue weighted by molar-refractivity contribution is -0.149. The van der Waals surface area contributed by atoms with E-state index in [1.807, 2.05) is 6.92 Å². The predicted molar refractivity (Wildman–Crippen MR) is 185 cm³/mol. The summed E-state index contributed by atoms with van der Waals surface area (Å²) in [5.41, 5.74) is 0.822. The summed E-state index contributed by atoms with van der Waals surface area (Å²) >= 11 is 0. The zero-order valence-electron chi connectivity index (χ0n) is 30.5. The van der Waals surface area contributed by atoms with Crippen molar-refractivity contribution in [2.24, 2.45) is 23.7 Å². The number of hydrogen-bond acceptors (Lipinski definition) is 8. The van der Waals surface area contributed by atoms with Gasteiger partial charge in [0.25, 0.3) is 0 Å². The zero-order chi connectivity index (χ0) is 34.6. The Morgan fingerprint density at radius 1 is 1.09 bits per heavy atom. The molecule has 2 saturated heterocycles. The van der Waals surface area contributed by atoms with Gasteiger partial charge < -0.3 is 39.6 Å². The van der Waals surface area contributed by atoms with Gasteiger partial charge in [-0.3, -0.25) is 4.79 Å². The number of aliphatic hydroxyl groups is 1. The molecule has 10 heteroatoms. The van der Waals surface area contributed by atoms with Crippen LogP contribution in [0.4, 0.5) is 4.79 Å². The molecule has 2 aliphatic heterocycles. The van der Waals surface area contributed by atoms with E-state index in [4.69, 9.17) is 18.9 Å². The molecule has 1 aliphatic carbocycles.